The minimum Gasteiger partial charge on any atom is -0.495 e. The van der Waals surface area contributed by atoms with E-state index in [0.717, 1.165) is 12.7 Å². The second-order valence-electron chi connectivity index (χ2n) is 6.41. The molecule has 1 aromatic carbocycles. The Labute approximate surface area is 167 Å². The lowest BCUT2D eigenvalue weighted by molar-refractivity contribution is -0.119. The Balaban J connectivity index is 1.76. The Morgan fingerprint density at radius 1 is 1.29 bits per heavy atom. The zero-order chi connectivity index (χ0) is 20.3. The molecule has 8 nitrogen and oxygen atoms in total. The van der Waals surface area contributed by atoms with Crippen LogP contribution < -0.4 is 14.8 Å². The van der Waals surface area contributed by atoms with Crippen LogP contribution in [0.25, 0.3) is 0 Å². The average molecular weight is 424 g/mol. The third-order valence-electron chi connectivity index (χ3n) is 4.31. The first-order valence-corrected chi connectivity index (χ1v) is 11.4. The van der Waals surface area contributed by atoms with Gasteiger partial charge in [0.25, 0.3) is 5.91 Å². The molecule has 1 saturated heterocycles. The van der Waals surface area contributed by atoms with Gasteiger partial charge < -0.3 is 15.0 Å². The van der Waals surface area contributed by atoms with Gasteiger partial charge in [0.15, 0.2) is 0 Å². The quantitative estimate of drug-likeness (QED) is 0.742. The predicted molar refractivity (Wildman–Crippen MR) is 108 cm³/mol. The van der Waals surface area contributed by atoms with E-state index in [1.54, 1.807) is 29.2 Å². The van der Waals surface area contributed by atoms with Gasteiger partial charge in [-0.05, 0) is 42.5 Å². The van der Waals surface area contributed by atoms with Crippen LogP contribution in [0.2, 0.25) is 0 Å². The number of rotatable bonds is 6. The maximum atomic E-state index is 12.8. The van der Waals surface area contributed by atoms with Gasteiger partial charge in [-0.3, -0.25) is 14.3 Å². The SMILES string of the molecule is COc1ccc(NC(=O)[C@@H]2CCCN2C(=O)c2cccs2)cc1NS(C)(=O)=O. The summed E-state index contributed by atoms with van der Waals surface area (Å²) in [5.41, 5.74) is 0.633. The van der Waals surface area contributed by atoms with Crippen molar-refractivity contribution in [1.82, 2.24) is 4.90 Å². The molecule has 150 valence electrons. The van der Waals surface area contributed by atoms with Crippen LogP contribution in [-0.4, -0.2) is 51.1 Å². The van der Waals surface area contributed by atoms with Crippen LogP contribution in [0.4, 0.5) is 11.4 Å². The molecule has 0 aliphatic carbocycles. The lowest BCUT2D eigenvalue weighted by atomic mass is 10.2. The molecular weight excluding hydrogens is 402 g/mol. The minimum absolute atomic E-state index is 0.151. The molecule has 1 aromatic heterocycles. The summed E-state index contributed by atoms with van der Waals surface area (Å²) in [7, 11) is -2.09. The molecular formula is C18H21N3O5S2. The topological polar surface area (TPSA) is 105 Å². The number of sulfonamides is 1. The van der Waals surface area contributed by atoms with Crippen LogP contribution in [-0.2, 0) is 14.8 Å². The van der Waals surface area contributed by atoms with Crippen molar-refractivity contribution in [2.75, 3.05) is 29.9 Å². The largest absolute Gasteiger partial charge is 0.495 e. The summed E-state index contributed by atoms with van der Waals surface area (Å²) in [5, 5.41) is 4.60. The third-order valence-corrected chi connectivity index (χ3v) is 5.76. The highest BCUT2D eigenvalue weighted by atomic mass is 32.2. The number of hydrogen-bond acceptors (Lipinski definition) is 6. The molecule has 1 fully saturated rings. The molecule has 2 aromatic rings. The van der Waals surface area contributed by atoms with E-state index in [9.17, 15) is 18.0 Å². The highest BCUT2D eigenvalue weighted by Crippen LogP contribution is 2.29. The van der Waals surface area contributed by atoms with E-state index < -0.39 is 16.1 Å². The Hall–Kier alpha value is -2.59. The maximum Gasteiger partial charge on any atom is 0.264 e. The molecule has 2 amide bonds. The van der Waals surface area contributed by atoms with E-state index in [1.165, 1.54) is 24.5 Å². The fourth-order valence-electron chi connectivity index (χ4n) is 3.11. The van der Waals surface area contributed by atoms with Crippen molar-refractivity contribution in [1.29, 1.82) is 0 Å². The van der Waals surface area contributed by atoms with E-state index in [0.29, 0.717) is 29.3 Å². The fraction of sp³-hybridized carbons (Fsp3) is 0.333. The zero-order valence-electron chi connectivity index (χ0n) is 15.5. The first kappa shape index (κ1) is 20.2. The van der Waals surface area contributed by atoms with Crippen LogP contribution in [0.5, 0.6) is 5.75 Å². The second-order valence-corrected chi connectivity index (χ2v) is 9.11. The molecule has 28 heavy (non-hydrogen) atoms. The molecule has 2 N–H and O–H groups in total. The Morgan fingerprint density at radius 3 is 2.71 bits per heavy atom. The zero-order valence-corrected chi connectivity index (χ0v) is 17.1. The molecule has 0 saturated carbocycles. The Kier molecular flexibility index (Phi) is 5.90. The van der Waals surface area contributed by atoms with E-state index >= 15 is 0 Å². The number of amides is 2. The van der Waals surface area contributed by atoms with E-state index in [-0.39, 0.29) is 17.5 Å². The third kappa shape index (κ3) is 4.63. The lowest BCUT2D eigenvalue weighted by Gasteiger charge is -2.23. The number of likely N-dealkylation sites (tertiary alicyclic amines) is 1. The summed E-state index contributed by atoms with van der Waals surface area (Å²) in [4.78, 5) is 27.6. The maximum absolute atomic E-state index is 12.8. The number of benzene rings is 1. The smallest absolute Gasteiger partial charge is 0.264 e. The summed E-state index contributed by atoms with van der Waals surface area (Å²) >= 11 is 1.34. The van der Waals surface area contributed by atoms with Gasteiger partial charge in [-0.1, -0.05) is 6.07 Å². The van der Waals surface area contributed by atoms with Crippen LogP contribution >= 0.6 is 11.3 Å². The Morgan fingerprint density at radius 2 is 2.07 bits per heavy atom. The molecule has 1 aliphatic rings. The van der Waals surface area contributed by atoms with Crippen LogP contribution in [0.15, 0.2) is 35.7 Å². The molecule has 0 unspecified atom stereocenters. The molecule has 0 bridgehead atoms. The van der Waals surface area contributed by atoms with Gasteiger partial charge in [0.05, 0.1) is 23.9 Å². The molecule has 0 radical (unpaired) electrons. The van der Waals surface area contributed by atoms with Gasteiger partial charge in [-0.25, -0.2) is 8.42 Å². The second kappa shape index (κ2) is 8.19. The van der Waals surface area contributed by atoms with Crippen molar-refractivity contribution in [3.05, 3.63) is 40.6 Å². The summed E-state index contributed by atoms with van der Waals surface area (Å²) < 4.78 is 30.6. The average Bonchev–Trinajstić information content (AvgIpc) is 3.32. The van der Waals surface area contributed by atoms with Gasteiger partial charge in [0.1, 0.15) is 11.8 Å². The van der Waals surface area contributed by atoms with Gasteiger partial charge in [-0.2, -0.15) is 0 Å². The highest BCUT2D eigenvalue weighted by Gasteiger charge is 2.35. The normalized spacial score (nSPS) is 16.6. The number of thiophene rings is 1. The number of ether oxygens (including phenoxy) is 1. The van der Waals surface area contributed by atoms with Crippen LogP contribution in [0, 0.1) is 0 Å². The molecule has 3 rings (SSSR count). The monoisotopic (exact) mass is 423 g/mol. The molecule has 10 heteroatoms. The minimum atomic E-state index is -3.51. The predicted octanol–water partition coefficient (Wildman–Crippen LogP) is 2.37. The molecule has 1 atom stereocenters. The first-order chi connectivity index (χ1) is 13.3. The summed E-state index contributed by atoms with van der Waals surface area (Å²) in [6.07, 6.45) is 2.36. The number of hydrogen-bond donors (Lipinski definition) is 2. The number of nitrogens with one attached hydrogen (secondary N) is 2. The standard InChI is InChI=1S/C18H21N3O5S2/c1-26-15-8-7-12(11-13(15)20-28(2,24)25)19-17(22)14-5-3-9-21(14)18(23)16-6-4-10-27-16/h4,6-8,10-11,14,20H,3,5,9H2,1-2H3,(H,19,22)/t14-/m0/s1. The fourth-order valence-corrected chi connectivity index (χ4v) is 4.35. The molecule has 2 heterocycles. The van der Waals surface area contributed by atoms with Crippen molar-refractivity contribution < 1.29 is 22.7 Å². The van der Waals surface area contributed by atoms with Gasteiger partial charge in [0.2, 0.25) is 15.9 Å². The summed E-state index contributed by atoms with van der Waals surface area (Å²) in [6, 6.07) is 7.64. The van der Waals surface area contributed by atoms with Gasteiger partial charge >= 0.3 is 0 Å². The van der Waals surface area contributed by atoms with E-state index in [1.807, 2.05) is 5.38 Å². The highest BCUT2D eigenvalue weighted by molar-refractivity contribution is 7.92. The van der Waals surface area contributed by atoms with Crippen molar-refractivity contribution in [2.45, 2.75) is 18.9 Å². The number of anilines is 2. The van der Waals surface area contributed by atoms with Gasteiger partial charge in [-0.15, -0.1) is 11.3 Å². The Bertz CT molecular complexity index is 973. The van der Waals surface area contributed by atoms with E-state index in [2.05, 4.69) is 10.0 Å². The van der Waals surface area contributed by atoms with Crippen LogP contribution in [0.1, 0.15) is 22.5 Å². The summed E-state index contributed by atoms with van der Waals surface area (Å²) in [5.74, 6) is -0.126. The molecule has 0 spiro atoms. The van der Waals surface area contributed by atoms with Crippen molar-refractivity contribution >= 4 is 44.5 Å². The van der Waals surface area contributed by atoms with E-state index in [4.69, 9.17) is 4.74 Å². The first-order valence-electron chi connectivity index (χ1n) is 8.59. The number of carbonyl (C=O) groups excluding carboxylic acids is 2. The summed E-state index contributed by atoms with van der Waals surface area (Å²) in [6.45, 7) is 0.526. The number of carbonyl (C=O) groups is 2. The van der Waals surface area contributed by atoms with Crippen molar-refractivity contribution in [3.8, 4) is 5.75 Å². The van der Waals surface area contributed by atoms with Gasteiger partial charge in [0, 0.05) is 12.2 Å². The van der Waals surface area contributed by atoms with Crippen molar-refractivity contribution in [2.24, 2.45) is 0 Å². The van der Waals surface area contributed by atoms with Crippen LogP contribution in [0.3, 0.4) is 0 Å². The lowest BCUT2D eigenvalue weighted by Crippen LogP contribution is -2.42. The number of methoxy groups -OCH3 is 1. The van der Waals surface area contributed by atoms with Crippen molar-refractivity contribution in [3.63, 3.8) is 0 Å². The molecule has 1 aliphatic heterocycles. The number of nitrogens with zero attached hydrogens (tertiary/aromatic N) is 1.